The minimum atomic E-state index is -3.36. The van der Waals surface area contributed by atoms with Gasteiger partial charge in [-0.25, -0.2) is 8.42 Å². The van der Waals surface area contributed by atoms with E-state index < -0.39 is 9.84 Å². The predicted octanol–water partition coefficient (Wildman–Crippen LogP) is 3.22. The van der Waals surface area contributed by atoms with Crippen LogP contribution < -0.4 is 0 Å². The first kappa shape index (κ1) is 16.3. The molecule has 3 rings (SSSR count). The van der Waals surface area contributed by atoms with Crippen molar-refractivity contribution < 1.29 is 17.7 Å². The number of rotatable bonds is 5. The van der Waals surface area contributed by atoms with Gasteiger partial charge in [-0.05, 0) is 49.1 Å². The Balaban J connectivity index is 2.27. The molecule has 2 aromatic rings. The molecule has 1 saturated carbocycles. The topological polar surface area (TPSA) is 77.2 Å². The average molecular weight is 351 g/mol. The zero-order valence-corrected chi connectivity index (χ0v) is 14.8. The van der Waals surface area contributed by atoms with Crippen molar-refractivity contribution in [3.8, 4) is 0 Å². The first-order valence-electron chi connectivity index (χ1n) is 7.20. The number of ketones is 1. The third kappa shape index (κ3) is 2.95. The summed E-state index contributed by atoms with van der Waals surface area (Å²) in [6, 6.07) is 1.75. The van der Waals surface area contributed by atoms with E-state index >= 15 is 0 Å². The van der Waals surface area contributed by atoms with E-state index in [9.17, 15) is 13.2 Å². The number of hydrogen-bond donors (Lipinski definition) is 0. The molecule has 0 spiro atoms. The van der Waals surface area contributed by atoms with Gasteiger partial charge < -0.3 is 4.52 Å². The van der Waals surface area contributed by atoms with E-state index in [0.717, 1.165) is 18.4 Å². The second-order valence-electron chi connectivity index (χ2n) is 5.79. The van der Waals surface area contributed by atoms with Crippen LogP contribution in [0.25, 0.3) is 0 Å². The summed E-state index contributed by atoms with van der Waals surface area (Å²) in [6.45, 7) is 1.79. The molecule has 1 heterocycles. The first-order chi connectivity index (χ1) is 10.8. The van der Waals surface area contributed by atoms with E-state index in [1.54, 1.807) is 13.0 Å². The van der Waals surface area contributed by atoms with Crippen molar-refractivity contribution in [2.24, 2.45) is 0 Å². The summed E-state index contributed by atoms with van der Waals surface area (Å²) in [5.41, 5.74) is 2.34. The van der Waals surface area contributed by atoms with Crippen LogP contribution in [0.5, 0.6) is 0 Å². The fourth-order valence-electron chi connectivity index (χ4n) is 2.79. The smallest absolute Gasteiger partial charge is 0.198 e. The molecule has 0 atom stereocenters. The predicted molar refractivity (Wildman–Crippen MR) is 88.0 cm³/mol. The maximum atomic E-state index is 12.7. The number of hydrogen-bond acceptors (Lipinski definition) is 6. The van der Waals surface area contributed by atoms with E-state index in [1.807, 2.05) is 6.26 Å². The zero-order valence-electron chi connectivity index (χ0n) is 13.1. The number of nitrogens with zero attached hydrogens (tertiary/aromatic N) is 1. The van der Waals surface area contributed by atoms with Crippen molar-refractivity contribution in [1.82, 2.24) is 5.16 Å². The van der Waals surface area contributed by atoms with Gasteiger partial charge >= 0.3 is 0 Å². The van der Waals surface area contributed by atoms with Gasteiger partial charge in [-0.1, -0.05) is 5.16 Å². The fourth-order valence-corrected chi connectivity index (χ4v) is 5.35. The van der Waals surface area contributed by atoms with Gasteiger partial charge in [0.05, 0.1) is 16.7 Å². The largest absolute Gasteiger partial charge is 0.364 e. The van der Waals surface area contributed by atoms with E-state index in [4.69, 9.17) is 4.52 Å². The molecule has 1 aliphatic rings. The van der Waals surface area contributed by atoms with E-state index in [2.05, 4.69) is 5.16 Å². The summed E-state index contributed by atoms with van der Waals surface area (Å²) in [7, 11) is -3.36. The van der Waals surface area contributed by atoms with Gasteiger partial charge in [0.25, 0.3) is 0 Å². The minimum absolute atomic E-state index is 0.194. The highest BCUT2D eigenvalue weighted by molar-refractivity contribution is 7.99. The highest BCUT2D eigenvalue weighted by Crippen LogP contribution is 2.47. The Morgan fingerprint density at radius 3 is 2.57 bits per heavy atom. The SMILES string of the molecule is CSc1c(C)c(C(=O)c2cnoc2)cc(C2CC2)c1S(C)(=O)=O. The van der Waals surface area contributed by atoms with E-state index in [0.29, 0.717) is 26.5 Å². The Morgan fingerprint density at radius 1 is 1.39 bits per heavy atom. The molecule has 0 unspecified atom stereocenters. The quantitative estimate of drug-likeness (QED) is 0.608. The number of carbonyl (C=O) groups excluding carboxylic acids is 1. The van der Waals surface area contributed by atoms with Crippen molar-refractivity contribution in [1.29, 1.82) is 0 Å². The van der Waals surface area contributed by atoms with Gasteiger partial charge in [0.2, 0.25) is 0 Å². The van der Waals surface area contributed by atoms with Crippen LogP contribution in [0.1, 0.15) is 45.8 Å². The van der Waals surface area contributed by atoms with Crippen LogP contribution in [0.2, 0.25) is 0 Å². The van der Waals surface area contributed by atoms with Crippen LogP contribution in [0, 0.1) is 6.92 Å². The Hall–Kier alpha value is -1.60. The molecular formula is C16H17NO4S2. The van der Waals surface area contributed by atoms with E-state index in [1.165, 1.54) is 30.5 Å². The maximum absolute atomic E-state index is 12.7. The molecule has 23 heavy (non-hydrogen) atoms. The number of carbonyl (C=O) groups is 1. The molecule has 1 fully saturated rings. The van der Waals surface area contributed by atoms with Gasteiger partial charge in [-0.3, -0.25) is 4.79 Å². The summed E-state index contributed by atoms with van der Waals surface area (Å²) >= 11 is 1.37. The van der Waals surface area contributed by atoms with Crippen LogP contribution in [0.3, 0.4) is 0 Å². The van der Waals surface area contributed by atoms with Gasteiger partial charge in [0.1, 0.15) is 6.26 Å². The zero-order chi connectivity index (χ0) is 16.8. The molecule has 1 aromatic carbocycles. The number of aromatic nitrogens is 1. The molecule has 1 aromatic heterocycles. The third-order valence-corrected chi connectivity index (χ3v) is 6.27. The van der Waals surface area contributed by atoms with Crippen LogP contribution in [-0.2, 0) is 9.84 Å². The third-order valence-electron chi connectivity index (χ3n) is 4.04. The lowest BCUT2D eigenvalue weighted by molar-refractivity contribution is 0.103. The fraction of sp³-hybridized carbons (Fsp3) is 0.375. The van der Waals surface area contributed by atoms with Gasteiger partial charge in [-0.15, -0.1) is 11.8 Å². The highest BCUT2D eigenvalue weighted by Gasteiger charge is 2.33. The molecule has 5 nitrogen and oxygen atoms in total. The van der Waals surface area contributed by atoms with E-state index in [-0.39, 0.29) is 11.7 Å². The molecule has 1 aliphatic carbocycles. The molecule has 0 radical (unpaired) electrons. The minimum Gasteiger partial charge on any atom is -0.364 e. The molecule has 7 heteroatoms. The van der Waals surface area contributed by atoms with Crippen LogP contribution in [-0.4, -0.2) is 31.9 Å². The van der Waals surface area contributed by atoms with Crippen molar-refractivity contribution in [2.75, 3.05) is 12.5 Å². The second kappa shape index (κ2) is 5.79. The number of benzene rings is 1. The van der Waals surface area contributed by atoms with Gasteiger partial charge in [0, 0.05) is 16.7 Å². The lowest BCUT2D eigenvalue weighted by atomic mass is 9.96. The Bertz CT molecular complexity index is 866. The lowest BCUT2D eigenvalue weighted by Crippen LogP contribution is -2.11. The van der Waals surface area contributed by atoms with Crippen LogP contribution in [0.4, 0.5) is 0 Å². The molecular weight excluding hydrogens is 334 g/mol. The Kier molecular flexibility index (Phi) is 4.10. The van der Waals surface area contributed by atoms with Crippen LogP contribution >= 0.6 is 11.8 Å². The molecule has 0 aliphatic heterocycles. The van der Waals surface area contributed by atoms with Crippen molar-refractivity contribution in [3.63, 3.8) is 0 Å². The molecule has 0 saturated heterocycles. The first-order valence-corrected chi connectivity index (χ1v) is 10.3. The Labute approximate surface area is 139 Å². The number of sulfone groups is 1. The van der Waals surface area contributed by atoms with Crippen LogP contribution in [0.15, 0.2) is 32.8 Å². The number of thioether (sulfide) groups is 1. The van der Waals surface area contributed by atoms with Crippen molar-refractivity contribution >= 4 is 27.4 Å². The lowest BCUT2D eigenvalue weighted by Gasteiger charge is -2.17. The Morgan fingerprint density at radius 2 is 2.09 bits per heavy atom. The normalized spacial score (nSPS) is 14.9. The van der Waals surface area contributed by atoms with Crippen molar-refractivity contribution in [3.05, 3.63) is 40.8 Å². The second-order valence-corrected chi connectivity index (χ2v) is 8.56. The molecule has 0 bridgehead atoms. The summed E-state index contributed by atoms with van der Waals surface area (Å²) in [6.07, 6.45) is 7.67. The van der Waals surface area contributed by atoms with Crippen molar-refractivity contribution in [2.45, 2.75) is 35.5 Å². The van der Waals surface area contributed by atoms with Gasteiger partial charge in [-0.2, -0.15) is 0 Å². The summed E-state index contributed by atoms with van der Waals surface area (Å²) < 4.78 is 29.4. The maximum Gasteiger partial charge on any atom is 0.198 e. The van der Waals surface area contributed by atoms with Gasteiger partial charge in [0.15, 0.2) is 15.6 Å². The average Bonchev–Trinajstić information content (AvgIpc) is 3.19. The standard InChI is InChI=1S/C16H17NO4S2/c1-9-12(14(18)11-7-17-21-8-11)6-13(10-4-5-10)16(15(9)22-2)23(3,19)20/h6-8,10H,4-5H2,1-3H3. The highest BCUT2D eigenvalue weighted by atomic mass is 32.2. The molecule has 122 valence electrons. The summed E-state index contributed by atoms with van der Waals surface area (Å²) in [5.74, 6) is 0.0289. The molecule has 0 amide bonds. The monoisotopic (exact) mass is 351 g/mol. The summed E-state index contributed by atoms with van der Waals surface area (Å²) in [5, 5.41) is 3.57. The molecule has 0 N–H and O–H groups in total. The summed E-state index contributed by atoms with van der Waals surface area (Å²) in [4.78, 5) is 13.7.